The van der Waals surface area contributed by atoms with Crippen molar-refractivity contribution in [1.29, 1.82) is 0 Å². The summed E-state index contributed by atoms with van der Waals surface area (Å²) in [5, 5.41) is 2.85. The van der Waals surface area contributed by atoms with E-state index in [9.17, 15) is 9.59 Å². The molecule has 5 heteroatoms. The van der Waals surface area contributed by atoms with E-state index in [0.717, 1.165) is 44.5 Å². The number of fused-ring (bicyclic) bond motifs is 1. The van der Waals surface area contributed by atoms with Crippen molar-refractivity contribution in [2.75, 3.05) is 25.0 Å². The van der Waals surface area contributed by atoms with Crippen molar-refractivity contribution in [3.63, 3.8) is 0 Å². The maximum atomic E-state index is 12.9. The lowest BCUT2D eigenvalue weighted by atomic mass is 9.92. The highest BCUT2D eigenvalue weighted by molar-refractivity contribution is 6.04. The zero-order chi connectivity index (χ0) is 20.1. The second-order valence-electron chi connectivity index (χ2n) is 7.87. The SMILES string of the molecule is O=C(COc1ccc2c(c1)CCCC2)Nc1ccccc1C(=O)N1CCCCC1. The van der Waals surface area contributed by atoms with Crippen LogP contribution in [-0.4, -0.2) is 36.4 Å². The highest BCUT2D eigenvalue weighted by Crippen LogP contribution is 2.25. The molecular formula is C24H28N2O3. The third-order valence-electron chi connectivity index (χ3n) is 5.76. The molecule has 1 N–H and O–H groups in total. The smallest absolute Gasteiger partial charge is 0.262 e. The van der Waals surface area contributed by atoms with Crippen molar-refractivity contribution in [2.24, 2.45) is 0 Å². The molecule has 0 spiro atoms. The number of piperidine rings is 1. The van der Waals surface area contributed by atoms with Gasteiger partial charge in [-0.3, -0.25) is 9.59 Å². The van der Waals surface area contributed by atoms with Crippen LogP contribution >= 0.6 is 0 Å². The number of nitrogens with zero attached hydrogens (tertiary/aromatic N) is 1. The molecule has 4 rings (SSSR count). The summed E-state index contributed by atoms with van der Waals surface area (Å²) in [5.41, 5.74) is 3.79. The van der Waals surface area contributed by atoms with E-state index in [-0.39, 0.29) is 18.4 Å². The number of benzene rings is 2. The zero-order valence-electron chi connectivity index (χ0n) is 16.8. The standard InChI is InChI=1S/C24H28N2O3/c27-23(17-29-20-13-12-18-8-2-3-9-19(18)16-20)25-22-11-5-4-10-21(22)24(28)26-14-6-1-7-15-26/h4-5,10-13,16H,1-3,6-9,14-15,17H2,(H,25,27). The second-order valence-corrected chi connectivity index (χ2v) is 7.87. The van der Waals surface area contributed by atoms with Crippen LogP contribution in [0.2, 0.25) is 0 Å². The molecule has 1 heterocycles. The minimum atomic E-state index is -0.262. The van der Waals surface area contributed by atoms with Crippen LogP contribution in [0.4, 0.5) is 5.69 Å². The van der Waals surface area contributed by atoms with Gasteiger partial charge in [0.2, 0.25) is 0 Å². The van der Waals surface area contributed by atoms with Crippen LogP contribution in [0, 0.1) is 0 Å². The highest BCUT2D eigenvalue weighted by atomic mass is 16.5. The van der Waals surface area contributed by atoms with E-state index in [2.05, 4.69) is 17.4 Å². The quantitative estimate of drug-likeness (QED) is 0.829. The van der Waals surface area contributed by atoms with E-state index in [1.54, 1.807) is 12.1 Å². The van der Waals surface area contributed by atoms with Gasteiger partial charge in [-0.2, -0.15) is 0 Å². The Balaban J connectivity index is 1.38. The fourth-order valence-corrected chi connectivity index (χ4v) is 4.18. The maximum absolute atomic E-state index is 12.9. The summed E-state index contributed by atoms with van der Waals surface area (Å²) in [6, 6.07) is 13.3. The van der Waals surface area contributed by atoms with E-state index in [1.807, 2.05) is 23.1 Å². The number of aryl methyl sites for hydroxylation is 2. The third-order valence-corrected chi connectivity index (χ3v) is 5.76. The van der Waals surface area contributed by atoms with Gasteiger partial charge in [-0.1, -0.05) is 18.2 Å². The van der Waals surface area contributed by atoms with E-state index < -0.39 is 0 Å². The number of likely N-dealkylation sites (tertiary alicyclic amines) is 1. The first kappa shape index (κ1) is 19.5. The van der Waals surface area contributed by atoms with Crippen LogP contribution in [0.1, 0.15) is 53.6 Å². The Bertz CT molecular complexity index is 887. The Morgan fingerprint density at radius 3 is 2.48 bits per heavy atom. The number of ether oxygens (including phenoxy) is 1. The van der Waals surface area contributed by atoms with Gasteiger partial charge in [0.15, 0.2) is 6.61 Å². The van der Waals surface area contributed by atoms with Crippen LogP contribution in [0.3, 0.4) is 0 Å². The predicted octanol–water partition coefficient (Wildman–Crippen LogP) is 4.21. The number of hydrogen-bond acceptors (Lipinski definition) is 3. The predicted molar refractivity (Wildman–Crippen MR) is 113 cm³/mol. The molecule has 2 aromatic rings. The lowest BCUT2D eigenvalue weighted by Gasteiger charge is -2.27. The van der Waals surface area contributed by atoms with Crippen molar-refractivity contribution in [1.82, 2.24) is 4.90 Å². The van der Waals surface area contributed by atoms with Crippen molar-refractivity contribution < 1.29 is 14.3 Å². The van der Waals surface area contributed by atoms with Crippen molar-refractivity contribution >= 4 is 17.5 Å². The molecule has 2 amide bonds. The van der Waals surface area contributed by atoms with Crippen LogP contribution in [-0.2, 0) is 17.6 Å². The largest absolute Gasteiger partial charge is 0.484 e. The van der Waals surface area contributed by atoms with Gasteiger partial charge in [-0.05, 0) is 80.3 Å². The molecule has 0 atom stereocenters. The van der Waals surface area contributed by atoms with E-state index >= 15 is 0 Å². The fourth-order valence-electron chi connectivity index (χ4n) is 4.18. The summed E-state index contributed by atoms with van der Waals surface area (Å²) in [6.45, 7) is 1.48. The van der Waals surface area contributed by atoms with Crippen LogP contribution in [0.25, 0.3) is 0 Å². The molecule has 29 heavy (non-hydrogen) atoms. The van der Waals surface area contributed by atoms with E-state index in [1.165, 1.54) is 30.4 Å². The first-order chi connectivity index (χ1) is 14.2. The van der Waals surface area contributed by atoms with Gasteiger partial charge in [-0.25, -0.2) is 0 Å². The number of anilines is 1. The molecule has 1 aliphatic carbocycles. The number of carbonyl (C=O) groups is 2. The summed E-state index contributed by atoms with van der Waals surface area (Å²) in [5.74, 6) is 0.441. The maximum Gasteiger partial charge on any atom is 0.262 e. The van der Waals surface area contributed by atoms with Gasteiger partial charge in [0.1, 0.15) is 5.75 Å². The second kappa shape index (κ2) is 9.12. The summed E-state index contributed by atoms with van der Waals surface area (Å²) in [4.78, 5) is 27.2. The lowest BCUT2D eigenvalue weighted by Crippen LogP contribution is -2.36. The summed E-state index contributed by atoms with van der Waals surface area (Å²) < 4.78 is 5.72. The van der Waals surface area contributed by atoms with Crippen molar-refractivity contribution in [2.45, 2.75) is 44.9 Å². The molecule has 1 fully saturated rings. The topological polar surface area (TPSA) is 58.6 Å². The fraction of sp³-hybridized carbons (Fsp3) is 0.417. The Morgan fingerprint density at radius 1 is 0.897 bits per heavy atom. The van der Waals surface area contributed by atoms with Crippen LogP contribution < -0.4 is 10.1 Å². The number of nitrogens with one attached hydrogen (secondary N) is 1. The van der Waals surface area contributed by atoms with Gasteiger partial charge >= 0.3 is 0 Å². The molecule has 0 radical (unpaired) electrons. The monoisotopic (exact) mass is 392 g/mol. The van der Waals surface area contributed by atoms with Crippen LogP contribution in [0.5, 0.6) is 5.75 Å². The minimum Gasteiger partial charge on any atom is -0.484 e. The van der Waals surface area contributed by atoms with Gasteiger partial charge in [0.25, 0.3) is 11.8 Å². The Kier molecular flexibility index (Phi) is 6.13. The highest BCUT2D eigenvalue weighted by Gasteiger charge is 2.21. The minimum absolute atomic E-state index is 0.0174. The molecule has 1 saturated heterocycles. The first-order valence-corrected chi connectivity index (χ1v) is 10.6. The number of hydrogen-bond donors (Lipinski definition) is 1. The first-order valence-electron chi connectivity index (χ1n) is 10.6. The van der Waals surface area contributed by atoms with Crippen molar-refractivity contribution in [3.05, 3.63) is 59.2 Å². The molecule has 0 aromatic heterocycles. The Labute approximate surface area is 172 Å². The molecule has 2 aromatic carbocycles. The number of carbonyl (C=O) groups excluding carboxylic acids is 2. The zero-order valence-corrected chi connectivity index (χ0v) is 16.8. The summed E-state index contributed by atoms with van der Waals surface area (Å²) >= 11 is 0. The number of para-hydroxylation sites is 1. The van der Waals surface area contributed by atoms with Gasteiger partial charge in [0.05, 0.1) is 11.3 Å². The average molecular weight is 392 g/mol. The third kappa shape index (κ3) is 4.78. The lowest BCUT2D eigenvalue weighted by molar-refractivity contribution is -0.118. The molecule has 2 aliphatic rings. The summed E-state index contributed by atoms with van der Waals surface area (Å²) in [6.07, 6.45) is 7.89. The molecular weight excluding hydrogens is 364 g/mol. The number of amides is 2. The Morgan fingerprint density at radius 2 is 1.66 bits per heavy atom. The van der Waals surface area contributed by atoms with Crippen molar-refractivity contribution in [3.8, 4) is 5.75 Å². The van der Waals surface area contributed by atoms with Gasteiger partial charge in [-0.15, -0.1) is 0 Å². The molecule has 1 aliphatic heterocycles. The average Bonchev–Trinajstić information content (AvgIpc) is 2.78. The molecule has 0 saturated carbocycles. The number of rotatable bonds is 5. The molecule has 152 valence electrons. The molecule has 5 nitrogen and oxygen atoms in total. The van der Waals surface area contributed by atoms with E-state index in [0.29, 0.717) is 11.3 Å². The van der Waals surface area contributed by atoms with Gasteiger partial charge < -0.3 is 15.0 Å². The molecule has 0 unspecified atom stereocenters. The van der Waals surface area contributed by atoms with E-state index in [4.69, 9.17) is 4.74 Å². The van der Waals surface area contributed by atoms with Crippen LogP contribution in [0.15, 0.2) is 42.5 Å². The normalized spacial score (nSPS) is 16.1. The summed E-state index contributed by atoms with van der Waals surface area (Å²) in [7, 11) is 0. The van der Waals surface area contributed by atoms with Gasteiger partial charge in [0, 0.05) is 13.1 Å². The molecule has 0 bridgehead atoms. The Hall–Kier alpha value is -2.82.